The number of hydrogen-bond donors (Lipinski definition) is 1. The van der Waals surface area contributed by atoms with Gasteiger partial charge in [0.25, 0.3) is 0 Å². The van der Waals surface area contributed by atoms with Gasteiger partial charge in [-0.3, -0.25) is 4.79 Å². The number of likely N-dealkylation sites (tertiary alicyclic amines) is 1. The molecule has 1 aliphatic heterocycles. The van der Waals surface area contributed by atoms with Crippen LogP contribution in [0, 0.1) is 17.8 Å². The molecule has 3 heterocycles. The maximum atomic E-state index is 12.6. The van der Waals surface area contributed by atoms with E-state index in [1.165, 1.54) is 6.33 Å². The Hall–Kier alpha value is -4.61. The third-order valence-electron chi connectivity index (χ3n) is 6.74. The van der Waals surface area contributed by atoms with E-state index in [1.54, 1.807) is 6.08 Å². The lowest BCUT2D eigenvalue weighted by atomic mass is 10.0. The number of ether oxygens (including phenoxy) is 1. The van der Waals surface area contributed by atoms with Crippen LogP contribution < -0.4 is 10.5 Å². The van der Waals surface area contributed by atoms with E-state index in [0.29, 0.717) is 18.9 Å². The molecule has 0 saturated carbocycles. The summed E-state index contributed by atoms with van der Waals surface area (Å²) in [5.41, 5.74) is 9.71. The number of amides is 1. The highest BCUT2D eigenvalue weighted by Gasteiger charge is 2.24. The number of hydrogen-bond acceptors (Lipinski definition) is 6. The monoisotopic (exact) mass is 520 g/mol. The first-order valence-electron chi connectivity index (χ1n) is 12.9. The van der Waals surface area contributed by atoms with Crippen LogP contribution in [0.3, 0.4) is 0 Å². The third kappa shape index (κ3) is 5.79. The summed E-state index contributed by atoms with van der Waals surface area (Å²) in [7, 11) is 5.89. The van der Waals surface area contributed by atoms with Crippen LogP contribution in [0.5, 0.6) is 11.5 Å². The Kier molecular flexibility index (Phi) is 7.62. The van der Waals surface area contributed by atoms with Gasteiger partial charge in [-0.2, -0.15) is 0 Å². The van der Waals surface area contributed by atoms with Crippen molar-refractivity contribution in [2.24, 2.45) is 13.0 Å². The van der Waals surface area contributed by atoms with Crippen LogP contribution in [-0.4, -0.2) is 64.0 Å². The minimum atomic E-state index is 0.0345. The highest BCUT2D eigenvalue weighted by Crippen LogP contribution is 2.37. The average Bonchev–Trinajstić information content (AvgIpc) is 3.52. The van der Waals surface area contributed by atoms with Crippen molar-refractivity contribution in [1.29, 1.82) is 0 Å². The van der Waals surface area contributed by atoms with Crippen LogP contribution >= 0.6 is 0 Å². The first kappa shape index (κ1) is 26.0. The van der Waals surface area contributed by atoms with Gasteiger partial charge in [0, 0.05) is 44.2 Å². The van der Waals surface area contributed by atoms with E-state index in [0.717, 1.165) is 52.3 Å². The summed E-state index contributed by atoms with van der Waals surface area (Å²) < 4.78 is 7.94. The van der Waals surface area contributed by atoms with Crippen LogP contribution in [0.25, 0.3) is 22.2 Å². The van der Waals surface area contributed by atoms with E-state index >= 15 is 0 Å². The fourth-order valence-electron chi connectivity index (χ4n) is 4.74. The molecule has 0 bridgehead atoms. The Balaban J connectivity index is 1.43. The Morgan fingerprint density at radius 3 is 2.62 bits per heavy atom. The van der Waals surface area contributed by atoms with Gasteiger partial charge in [0.2, 0.25) is 5.91 Å². The zero-order chi connectivity index (χ0) is 27.4. The summed E-state index contributed by atoms with van der Waals surface area (Å²) >= 11 is 0. The molecule has 1 amide bonds. The van der Waals surface area contributed by atoms with Crippen LogP contribution in [0.1, 0.15) is 12.1 Å². The van der Waals surface area contributed by atoms with Crippen molar-refractivity contribution in [3.05, 3.63) is 78.8 Å². The van der Waals surface area contributed by atoms with Crippen molar-refractivity contribution in [3.8, 4) is 34.5 Å². The molecular weight excluding hydrogens is 488 g/mol. The Morgan fingerprint density at radius 2 is 1.87 bits per heavy atom. The second-order valence-electron chi connectivity index (χ2n) is 9.88. The first-order valence-corrected chi connectivity index (χ1v) is 12.9. The van der Waals surface area contributed by atoms with E-state index in [4.69, 9.17) is 10.5 Å². The molecule has 1 atom stereocenters. The number of anilines is 1. The molecule has 2 aromatic heterocycles. The van der Waals surface area contributed by atoms with Gasteiger partial charge in [-0.1, -0.05) is 42.3 Å². The van der Waals surface area contributed by atoms with E-state index in [9.17, 15) is 4.79 Å². The lowest BCUT2D eigenvalue weighted by Gasteiger charge is -2.13. The zero-order valence-electron chi connectivity index (χ0n) is 22.5. The number of para-hydroxylation sites is 1. The number of likely N-dealkylation sites (N-methyl/N-ethyl adjacent to an activating group) is 1. The number of carbonyl (C=O) groups excluding carboxylic acids is 1. The maximum Gasteiger partial charge on any atom is 0.246 e. The highest BCUT2D eigenvalue weighted by molar-refractivity contribution is 6.03. The van der Waals surface area contributed by atoms with Gasteiger partial charge in [0.1, 0.15) is 35.0 Å². The van der Waals surface area contributed by atoms with Gasteiger partial charge < -0.3 is 24.8 Å². The van der Waals surface area contributed by atoms with Crippen molar-refractivity contribution < 1.29 is 9.53 Å². The van der Waals surface area contributed by atoms with Gasteiger partial charge in [0.05, 0.1) is 5.39 Å². The molecule has 1 unspecified atom stereocenters. The fourth-order valence-corrected chi connectivity index (χ4v) is 4.74. The predicted octanol–water partition coefficient (Wildman–Crippen LogP) is 4.33. The lowest BCUT2D eigenvalue weighted by Crippen LogP contribution is -2.27. The largest absolute Gasteiger partial charge is 0.457 e. The Bertz CT molecular complexity index is 1560. The SMILES string of the molecule is CN(C)C/C=C/C(=O)N1CCC(C#Cc2c(-c3ccc(Oc4ccccc4)cc3)c3c(N)ncnc3n2C)C1. The minimum absolute atomic E-state index is 0.0345. The number of nitrogens with zero attached hydrogens (tertiary/aromatic N) is 5. The first-order chi connectivity index (χ1) is 18.9. The quantitative estimate of drug-likeness (QED) is 0.301. The summed E-state index contributed by atoms with van der Waals surface area (Å²) in [6, 6.07) is 17.5. The third-order valence-corrected chi connectivity index (χ3v) is 6.74. The number of fused-ring (bicyclic) bond motifs is 1. The second-order valence-corrected chi connectivity index (χ2v) is 9.88. The molecule has 0 spiro atoms. The van der Waals surface area contributed by atoms with E-state index in [1.807, 2.05) is 96.2 Å². The predicted molar refractivity (Wildman–Crippen MR) is 154 cm³/mol. The second kappa shape index (κ2) is 11.4. The molecule has 2 aromatic carbocycles. The van der Waals surface area contributed by atoms with Gasteiger partial charge in [0.15, 0.2) is 0 Å². The number of carbonyl (C=O) groups is 1. The van der Waals surface area contributed by atoms with E-state index in [2.05, 4.69) is 21.8 Å². The molecule has 2 N–H and O–H groups in total. The molecular formula is C31H32N6O2. The normalized spacial score (nSPS) is 15.2. The van der Waals surface area contributed by atoms with E-state index in [-0.39, 0.29) is 11.8 Å². The molecule has 1 saturated heterocycles. The Labute approximate surface area is 228 Å². The highest BCUT2D eigenvalue weighted by atomic mass is 16.5. The van der Waals surface area contributed by atoms with Gasteiger partial charge in [-0.05, 0) is 56.3 Å². The fraction of sp³-hybridized carbons (Fsp3) is 0.258. The molecule has 8 heteroatoms. The number of nitrogen functional groups attached to an aromatic ring is 1. The van der Waals surface area contributed by atoms with Crippen LogP contribution in [0.2, 0.25) is 0 Å². The Morgan fingerprint density at radius 1 is 1.13 bits per heavy atom. The molecule has 1 fully saturated rings. The van der Waals surface area contributed by atoms with Gasteiger partial charge in [-0.25, -0.2) is 9.97 Å². The van der Waals surface area contributed by atoms with Crippen LogP contribution in [0.15, 0.2) is 73.1 Å². The van der Waals surface area contributed by atoms with Crippen molar-refractivity contribution in [3.63, 3.8) is 0 Å². The summed E-state index contributed by atoms with van der Waals surface area (Å²) in [5.74, 6) is 8.87. The smallest absolute Gasteiger partial charge is 0.246 e. The van der Waals surface area contributed by atoms with E-state index < -0.39 is 0 Å². The topological polar surface area (TPSA) is 89.5 Å². The standard InChI is InChI=1S/C31H32N6O2/c1-35(2)18-7-10-27(38)37-19-17-22(20-37)11-16-26-28(29-30(32)33-21-34-31(29)36(26)3)23-12-14-25(15-13-23)39-24-8-5-4-6-9-24/h4-10,12-15,21-22H,17-20H2,1-3H3,(H2,32,33,34)/b10-7+. The number of nitrogens with two attached hydrogens (primary N) is 1. The molecule has 0 aliphatic carbocycles. The molecule has 198 valence electrons. The van der Waals surface area contributed by atoms with Crippen molar-refractivity contribution >= 4 is 22.8 Å². The van der Waals surface area contributed by atoms with Crippen LogP contribution in [0.4, 0.5) is 5.82 Å². The lowest BCUT2D eigenvalue weighted by molar-refractivity contribution is -0.125. The number of aryl methyl sites for hydroxylation is 1. The maximum absolute atomic E-state index is 12.6. The summed E-state index contributed by atoms with van der Waals surface area (Å²) in [4.78, 5) is 25.2. The number of rotatable bonds is 6. The summed E-state index contributed by atoms with van der Waals surface area (Å²) in [6.07, 6.45) is 5.86. The molecule has 8 nitrogen and oxygen atoms in total. The molecule has 4 aromatic rings. The number of benzene rings is 2. The zero-order valence-corrected chi connectivity index (χ0v) is 22.5. The molecule has 5 rings (SSSR count). The summed E-state index contributed by atoms with van der Waals surface area (Å²) in [6.45, 7) is 2.05. The molecule has 1 aliphatic rings. The van der Waals surface area contributed by atoms with Crippen molar-refractivity contribution in [2.75, 3.05) is 39.5 Å². The molecule has 0 radical (unpaired) electrons. The number of aromatic nitrogens is 3. The summed E-state index contributed by atoms with van der Waals surface area (Å²) in [5, 5.41) is 0.773. The van der Waals surface area contributed by atoms with Crippen molar-refractivity contribution in [2.45, 2.75) is 6.42 Å². The molecule has 39 heavy (non-hydrogen) atoms. The average molecular weight is 521 g/mol. The van der Waals surface area contributed by atoms with Gasteiger partial charge in [-0.15, -0.1) is 0 Å². The minimum Gasteiger partial charge on any atom is -0.457 e. The van der Waals surface area contributed by atoms with Crippen molar-refractivity contribution in [1.82, 2.24) is 24.3 Å². The van der Waals surface area contributed by atoms with Crippen LogP contribution in [-0.2, 0) is 11.8 Å². The van der Waals surface area contributed by atoms with Gasteiger partial charge >= 0.3 is 0 Å².